The minimum Gasteiger partial charge on any atom is -0.396 e. The Morgan fingerprint density at radius 1 is 0.800 bits per heavy atom. The Hall–Kier alpha value is -1.36. The van der Waals surface area contributed by atoms with E-state index in [4.69, 9.17) is 0 Å². The van der Waals surface area contributed by atoms with Gasteiger partial charge in [0.25, 0.3) is 0 Å². The fraction of sp³-hybridized carbons (Fsp3) is 0.867. The third-order valence-corrected chi connectivity index (χ3v) is 10.2. The van der Waals surface area contributed by atoms with Crippen LogP contribution >= 0.6 is 0 Å². The Bertz CT molecular complexity index is 772. The van der Waals surface area contributed by atoms with Gasteiger partial charge in [0.15, 0.2) is 0 Å². The molecule has 2 amide bonds. The van der Waals surface area contributed by atoms with Gasteiger partial charge in [0.2, 0.25) is 11.8 Å². The van der Waals surface area contributed by atoms with Gasteiger partial charge in [0, 0.05) is 24.8 Å². The standard InChI is InChI=1S/C30H48N2O3/c33-20-22-15-17-23(18-16-22)28-27(29(34)31-19-21-9-3-1-4-10-21)25-13-7-8-14-26(25)30(35)32(28)24-11-5-2-6-12-24/h21-24,27-28,33H,1-20H2,(H,31,34)/t22?,23?,27-,28+/m1/s1. The lowest BCUT2D eigenvalue weighted by Crippen LogP contribution is -2.61. The summed E-state index contributed by atoms with van der Waals surface area (Å²) in [6.07, 6.45) is 20.3. The Kier molecular flexibility index (Phi) is 8.52. The highest BCUT2D eigenvalue weighted by Crippen LogP contribution is 2.46. The zero-order valence-corrected chi connectivity index (χ0v) is 21.8. The van der Waals surface area contributed by atoms with Crippen LogP contribution in [-0.2, 0) is 9.59 Å². The van der Waals surface area contributed by atoms with Crippen molar-refractivity contribution in [3.05, 3.63) is 11.1 Å². The minimum absolute atomic E-state index is 0.00782. The normalized spacial score (nSPS) is 33.5. The van der Waals surface area contributed by atoms with Crippen molar-refractivity contribution in [1.29, 1.82) is 0 Å². The Balaban J connectivity index is 1.45. The van der Waals surface area contributed by atoms with E-state index in [1.54, 1.807) is 0 Å². The van der Waals surface area contributed by atoms with E-state index in [9.17, 15) is 14.7 Å². The summed E-state index contributed by atoms with van der Waals surface area (Å²) >= 11 is 0. The van der Waals surface area contributed by atoms with Crippen molar-refractivity contribution in [3.63, 3.8) is 0 Å². The molecule has 0 radical (unpaired) electrons. The van der Waals surface area contributed by atoms with E-state index in [0.29, 0.717) is 23.8 Å². The average molecular weight is 485 g/mol. The molecule has 3 fully saturated rings. The third-order valence-electron chi connectivity index (χ3n) is 10.2. The summed E-state index contributed by atoms with van der Waals surface area (Å²) in [7, 11) is 0. The van der Waals surface area contributed by atoms with Crippen molar-refractivity contribution < 1.29 is 14.7 Å². The Morgan fingerprint density at radius 3 is 2.14 bits per heavy atom. The Labute approximate surface area is 212 Å². The Morgan fingerprint density at radius 2 is 1.46 bits per heavy atom. The number of carbonyl (C=O) groups is 2. The summed E-state index contributed by atoms with van der Waals surface area (Å²) in [6, 6.07) is 0.301. The maximum absolute atomic E-state index is 14.1. The smallest absolute Gasteiger partial charge is 0.250 e. The zero-order chi connectivity index (χ0) is 24.2. The lowest BCUT2D eigenvalue weighted by Gasteiger charge is -2.52. The van der Waals surface area contributed by atoms with Crippen LogP contribution in [0.4, 0.5) is 0 Å². The van der Waals surface area contributed by atoms with Gasteiger partial charge in [-0.25, -0.2) is 0 Å². The molecule has 2 N–H and O–H groups in total. The van der Waals surface area contributed by atoms with Crippen LogP contribution in [-0.4, -0.2) is 47.1 Å². The molecule has 5 nitrogen and oxygen atoms in total. The molecule has 0 unspecified atom stereocenters. The van der Waals surface area contributed by atoms with E-state index < -0.39 is 0 Å². The van der Waals surface area contributed by atoms with E-state index in [1.165, 1.54) is 56.9 Å². The molecule has 5 rings (SSSR count). The van der Waals surface area contributed by atoms with Crippen LogP contribution in [0.25, 0.3) is 0 Å². The van der Waals surface area contributed by atoms with Crippen molar-refractivity contribution in [2.75, 3.05) is 13.2 Å². The average Bonchev–Trinajstić information content (AvgIpc) is 2.93. The molecule has 0 spiro atoms. The number of amides is 2. The van der Waals surface area contributed by atoms with Crippen LogP contribution < -0.4 is 5.32 Å². The molecule has 5 heteroatoms. The molecule has 0 bridgehead atoms. The quantitative estimate of drug-likeness (QED) is 0.522. The highest BCUT2D eigenvalue weighted by atomic mass is 16.3. The van der Waals surface area contributed by atoms with E-state index >= 15 is 0 Å². The van der Waals surface area contributed by atoms with Crippen molar-refractivity contribution >= 4 is 11.8 Å². The van der Waals surface area contributed by atoms with Crippen LogP contribution in [0.15, 0.2) is 11.1 Å². The third kappa shape index (κ3) is 5.50. The first kappa shape index (κ1) is 25.3. The molecule has 1 heterocycles. The molecule has 0 saturated heterocycles. The van der Waals surface area contributed by atoms with E-state index in [-0.39, 0.29) is 30.4 Å². The lowest BCUT2D eigenvalue weighted by molar-refractivity contribution is -0.142. The fourth-order valence-electron chi connectivity index (χ4n) is 8.21. The molecule has 0 aromatic heterocycles. The van der Waals surface area contributed by atoms with Gasteiger partial charge in [-0.1, -0.05) is 38.5 Å². The predicted octanol–water partition coefficient (Wildman–Crippen LogP) is 5.51. The maximum Gasteiger partial charge on any atom is 0.250 e. The summed E-state index contributed by atoms with van der Waals surface area (Å²) in [5.41, 5.74) is 2.20. The van der Waals surface area contributed by atoms with Gasteiger partial charge in [-0.15, -0.1) is 0 Å². The van der Waals surface area contributed by atoms with Crippen molar-refractivity contribution in [2.24, 2.45) is 23.7 Å². The molecule has 2 atom stereocenters. The summed E-state index contributed by atoms with van der Waals surface area (Å²) in [4.78, 5) is 30.5. The first-order valence-corrected chi connectivity index (χ1v) is 15.1. The molecule has 5 aliphatic rings. The summed E-state index contributed by atoms with van der Waals surface area (Å²) in [5.74, 6) is 1.68. The summed E-state index contributed by atoms with van der Waals surface area (Å²) in [5, 5.41) is 13.2. The molecule has 3 saturated carbocycles. The van der Waals surface area contributed by atoms with Gasteiger partial charge in [0.1, 0.15) is 0 Å². The van der Waals surface area contributed by atoms with Crippen LogP contribution in [0, 0.1) is 23.7 Å². The number of aliphatic hydroxyl groups is 1. The highest BCUT2D eigenvalue weighted by molar-refractivity contribution is 5.99. The predicted molar refractivity (Wildman–Crippen MR) is 139 cm³/mol. The first-order valence-electron chi connectivity index (χ1n) is 15.1. The molecule has 1 aliphatic heterocycles. The zero-order valence-electron chi connectivity index (χ0n) is 21.8. The first-order chi connectivity index (χ1) is 17.2. The summed E-state index contributed by atoms with van der Waals surface area (Å²) in [6.45, 7) is 1.07. The van der Waals surface area contributed by atoms with E-state index in [0.717, 1.165) is 76.3 Å². The van der Waals surface area contributed by atoms with Crippen molar-refractivity contribution in [3.8, 4) is 0 Å². The van der Waals surface area contributed by atoms with Gasteiger partial charge in [0.05, 0.1) is 12.0 Å². The second-order valence-corrected chi connectivity index (χ2v) is 12.4. The van der Waals surface area contributed by atoms with Gasteiger partial charge in [-0.2, -0.15) is 0 Å². The number of carbonyl (C=O) groups excluding carboxylic acids is 2. The number of nitrogens with one attached hydrogen (secondary N) is 1. The van der Waals surface area contributed by atoms with Crippen molar-refractivity contribution in [1.82, 2.24) is 10.2 Å². The fourth-order valence-corrected chi connectivity index (χ4v) is 8.21. The van der Waals surface area contributed by atoms with E-state index in [2.05, 4.69) is 10.2 Å². The largest absolute Gasteiger partial charge is 0.396 e. The molecular formula is C30H48N2O3. The monoisotopic (exact) mass is 484 g/mol. The minimum atomic E-state index is -0.163. The number of nitrogens with zero attached hydrogens (tertiary/aromatic N) is 1. The number of aliphatic hydroxyl groups excluding tert-OH is 1. The molecule has 4 aliphatic carbocycles. The van der Waals surface area contributed by atoms with Gasteiger partial charge in [-0.05, 0) is 100 Å². The van der Waals surface area contributed by atoms with Gasteiger partial charge in [-0.3, -0.25) is 9.59 Å². The molecule has 35 heavy (non-hydrogen) atoms. The van der Waals surface area contributed by atoms with E-state index in [1.807, 2.05) is 0 Å². The van der Waals surface area contributed by atoms with Crippen LogP contribution in [0.3, 0.4) is 0 Å². The molecular weight excluding hydrogens is 436 g/mol. The molecule has 196 valence electrons. The number of hydrogen-bond acceptors (Lipinski definition) is 3. The topological polar surface area (TPSA) is 69.6 Å². The van der Waals surface area contributed by atoms with Crippen LogP contribution in [0.1, 0.15) is 116 Å². The van der Waals surface area contributed by atoms with Crippen LogP contribution in [0.2, 0.25) is 0 Å². The lowest BCUT2D eigenvalue weighted by atomic mass is 9.67. The molecule has 0 aromatic rings. The van der Waals surface area contributed by atoms with Gasteiger partial charge >= 0.3 is 0 Å². The van der Waals surface area contributed by atoms with Crippen LogP contribution in [0.5, 0.6) is 0 Å². The summed E-state index contributed by atoms with van der Waals surface area (Å²) < 4.78 is 0. The van der Waals surface area contributed by atoms with Gasteiger partial charge < -0.3 is 15.3 Å². The number of rotatable bonds is 6. The highest BCUT2D eigenvalue weighted by Gasteiger charge is 2.50. The second kappa shape index (κ2) is 11.8. The van der Waals surface area contributed by atoms with Crippen molar-refractivity contribution in [2.45, 2.75) is 128 Å². The molecule has 0 aromatic carbocycles. The maximum atomic E-state index is 14.1. The SMILES string of the molecule is O=C(NCC1CCCCC1)[C@@H]1C2=C(CCCC2)C(=O)N(C2CCCCC2)[C@H]1C1CCC(CO)CC1. The second-order valence-electron chi connectivity index (χ2n) is 12.4. The number of hydrogen-bond donors (Lipinski definition) is 2.